The van der Waals surface area contributed by atoms with Crippen LogP contribution in [0.2, 0.25) is 5.02 Å². The number of fused-ring (bicyclic) bond motifs is 3. The molecule has 2 aromatic heterocycles. The molecule has 0 aliphatic carbocycles. The van der Waals surface area contributed by atoms with Crippen molar-refractivity contribution in [2.45, 2.75) is 6.61 Å². The Morgan fingerprint density at radius 1 is 0.893 bits per heavy atom. The lowest BCUT2D eigenvalue weighted by Gasteiger charge is -2.08. The monoisotopic (exact) mass is 386 g/mol. The molecule has 0 unspecified atom stereocenters. The van der Waals surface area contributed by atoms with Gasteiger partial charge in [0, 0.05) is 10.9 Å². The highest BCUT2D eigenvalue weighted by molar-refractivity contribution is 6.32. The van der Waals surface area contributed by atoms with E-state index in [0.717, 1.165) is 27.7 Å². The molecule has 2 heterocycles. The molecule has 3 aromatic carbocycles. The van der Waals surface area contributed by atoms with E-state index in [1.54, 1.807) is 10.8 Å². The Bertz CT molecular complexity index is 1280. The number of rotatable bonds is 4. The summed E-state index contributed by atoms with van der Waals surface area (Å²) in [5.74, 6) is 1.34. The van der Waals surface area contributed by atoms with Gasteiger partial charge >= 0.3 is 0 Å². The molecule has 28 heavy (non-hydrogen) atoms. The standard InChI is InChI=1S/C22H15ClN4O/c23-18-6-2-4-8-20(18)28-13-15-9-11-16(12-10-15)21-25-22-17-5-1-3-7-19(17)24-14-27(22)26-21/h1-12,14H,13H2. The van der Waals surface area contributed by atoms with Crippen LogP contribution in [0.3, 0.4) is 0 Å². The Morgan fingerprint density at radius 3 is 2.54 bits per heavy atom. The van der Waals surface area contributed by atoms with Gasteiger partial charge in [-0.15, -0.1) is 5.10 Å². The highest BCUT2D eigenvalue weighted by atomic mass is 35.5. The molecule has 0 aliphatic rings. The van der Waals surface area contributed by atoms with E-state index in [4.69, 9.17) is 21.3 Å². The Hall–Kier alpha value is -3.44. The van der Waals surface area contributed by atoms with Crippen LogP contribution in [0.15, 0.2) is 79.1 Å². The zero-order valence-corrected chi connectivity index (χ0v) is 15.5. The molecular weight excluding hydrogens is 372 g/mol. The molecule has 0 bridgehead atoms. The summed E-state index contributed by atoms with van der Waals surface area (Å²) in [6, 6.07) is 23.4. The zero-order chi connectivity index (χ0) is 18.9. The summed E-state index contributed by atoms with van der Waals surface area (Å²) in [4.78, 5) is 9.13. The molecule has 136 valence electrons. The van der Waals surface area contributed by atoms with Crippen LogP contribution < -0.4 is 4.74 Å². The first-order valence-corrected chi connectivity index (χ1v) is 9.22. The fourth-order valence-electron chi connectivity index (χ4n) is 3.07. The van der Waals surface area contributed by atoms with E-state index in [2.05, 4.69) is 10.1 Å². The van der Waals surface area contributed by atoms with Crippen molar-refractivity contribution in [3.8, 4) is 17.1 Å². The van der Waals surface area contributed by atoms with Gasteiger partial charge in [0.1, 0.15) is 18.7 Å². The maximum atomic E-state index is 6.13. The Labute approximate surface area is 166 Å². The van der Waals surface area contributed by atoms with Crippen LogP contribution in [0.25, 0.3) is 27.9 Å². The SMILES string of the molecule is Clc1ccccc1OCc1ccc(-c2nc3c4ccccc4ncn3n2)cc1. The lowest BCUT2D eigenvalue weighted by atomic mass is 10.1. The van der Waals surface area contributed by atoms with Gasteiger partial charge in [-0.25, -0.2) is 14.5 Å². The maximum Gasteiger partial charge on any atom is 0.182 e. The van der Waals surface area contributed by atoms with Gasteiger partial charge in [0.2, 0.25) is 0 Å². The lowest BCUT2D eigenvalue weighted by Crippen LogP contribution is -1.96. The third kappa shape index (κ3) is 3.06. The average Bonchev–Trinajstić information content (AvgIpc) is 3.18. The van der Waals surface area contributed by atoms with E-state index >= 15 is 0 Å². The van der Waals surface area contributed by atoms with Gasteiger partial charge in [-0.3, -0.25) is 0 Å². The Kier molecular flexibility index (Phi) is 4.14. The quantitative estimate of drug-likeness (QED) is 0.427. The second-order valence-electron chi connectivity index (χ2n) is 6.38. The van der Waals surface area contributed by atoms with Crippen LogP contribution in [-0.2, 0) is 6.61 Å². The van der Waals surface area contributed by atoms with Crippen LogP contribution in [0.5, 0.6) is 5.75 Å². The lowest BCUT2D eigenvalue weighted by molar-refractivity contribution is 0.306. The number of hydrogen-bond acceptors (Lipinski definition) is 4. The van der Waals surface area contributed by atoms with Gasteiger partial charge in [0.05, 0.1) is 10.5 Å². The fraction of sp³-hybridized carbons (Fsp3) is 0.0455. The molecule has 5 nitrogen and oxygen atoms in total. The zero-order valence-electron chi connectivity index (χ0n) is 14.8. The van der Waals surface area contributed by atoms with E-state index in [9.17, 15) is 0 Å². The van der Waals surface area contributed by atoms with Crippen LogP contribution in [-0.4, -0.2) is 19.6 Å². The van der Waals surface area contributed by atoms with Crippen LogP contribution in [0.1, 0.15) is 5.56 Å². The molecular formula is C22H15ClN4O. The van der Waals surface area contributed by atoms with E-state index in [0.29, 0.717) is 23.2 Å². The highest BCUT2D eigenvalue weighted by Gasteiger charge is 2.10. The number of halogens is 1. The summed E-state index contributed by atoms with van der Waals surface area (Å²) in [5.41, 5.74) is 3.68. The number of hydrogen-bond donors (Lipinski definition) is 0. The molecule has 0 amide bonds. The van der Waals surface area contributed by atoms with E-state index in [1.807, 2.05) is 72.8 Å². The number of para-hydroxylation sites is 2. The number of ether oxygens (including phenoxy) is 1. The highest BCUT2D eigenvalue weighted by Crippen LogP contribution is 2.25. The number of aromatic nitrogens is 4. The van der Waals surface area contributed by atoms with Gasteiger partial charge in [0.25, 0.3) is 0 Å². The van der Waals surface area contributed by atoms with Gasteiger partial charge in [-0.2, -0.15) is 0 Å². The van der Waals surface area contributed by atoms with Crippen molar-refractivity contribution in [1.29, 1.82) is 0 Å². The first-order chi connectivity index (χ1) is 13.8. The van der Waals surface area contributed by atoms with Gasteiger partial charge in [-0.05, 0) is 29.8 Å². The molecule has 0 aliphatic heterocycles. The third-order valence-electron chi connectivity index (χ3n) is 4.53. The maximum absolute atomic E-state index is 6.13. The molecule has 0 saturated heterocycles. The third-order valence-corrected chi connectivity index (χ3v) is 4.84. The molecule has 0 radical (unpaired) electrons. The van der Waals surface area contributed by atoms with Gasteiger partial charge in [0.15, 0.2) is 11.5 Å². The van der Waals surface area contributed by atoms with Crippen LogP contribution in [0.4, 0.5) is 0 Å². The predicted octanol–water partition coefficient (Wildman–Crippen LogP) is 5.18. The Balaban J connectivity index is 1.41. The Morgan fingerprint density at radius 2 is 1.68 bits per heavy atom. The topological polar surface area (TPSA) is 52.3 Å². The molecule has 6 heteroatoms. The van der Waals surface area contributed by atoms with Gasteiger partial charge in [-0.1, -0.05) is 60.1 Å². The predicted molar refractivity (Wildman–Crippen MR) is 110 cm³/mol. The van der Waals surface area contributed by atoms with E-state index in [1.165, 1.54) is 0 Å². The van der Waals surface area contributed by atoms with Crippen LogP contribution >= 0.6 is 11.6 Å². The summed E-state index contributed by atoms with van der Waals surface area (Å²) >= 11 is 6.13. The van der Waals surface area contributed by atoms with Crippen molar-refractivity contribution in [1.82, 2.24) is 19.6 Å². The van der Waals surface area contributed by atoms with Crippen molar-refractivity contribution in [3.63, 3.8) is 0 Å². The molecule has 0 atom stereocenters. The first kappa shape index (κ1) is 16.7. The van der Waals surface area contributed by atoms with Crippen molar-refractivity contribution in [2.24, 2.45) is 0 Å². The van der Waals surface area contributed by atoms with Crippen molar-refractivity contribution < 1.29 is 4.74 Å². The summed E-state index contributed by atoms with van der Waals surface area (Å²) in [6.45, 7) is 0.442. The fourth-order valence-corrected chi connectivity index (χ4v) is 3.27. The molecule has 5 aromatic rings. The molecule has 0 saturated carbocycles. The summed E-state index contributed by atoms with van der Waals surface area (Å²) in [5, 5.41) is 6.15. The normalized spacial score (nSPS) is 11.2. The number of benzene rings is 3. The van der Waals surface area contributed by atoms with Gasteiger partial charge < -0.3 is 4.74 Å². The summed E-state index contributed by atoms with van der Waals surface area (Å²) in [6.07, 6.45) is 1.69. The molecule has 0 N–H and O–H groups in total. The smallest absolute Gasteiger partial charge is 0.182 e. The molecule has 5 rings (SSSR count). The minimum absolute atomic E-state index is 0.442. The molecule has 0 fully saturated rings. The first-order valence-electron chi connectivity index (χ1n) is 8.85. The van der Waals surface area contributed by atoms with Crippen molar-refractivity contribution in [3.05, 3.63) is 89.7 Å². The van der Waals surface area contributed by atoms with Crippen molar-refractivity contribution >= 4 is 28.2 Å². The molecule has 0 spiro atoms. The second-order valence-corrected chi connectivity index (χ2v) is 6.79. The summed E-state index contributed by atoms with van der Waals surface area (Å²) in [7, 11) is 0. The van der Waals surface area contributed by atoms with Crippen LogP contribution in [0, 0.1) is 0 Å². The largest absolute Gasteiger partial charge is 0.487 e. The van der Waals surface area contributed by atoms with E-state index in [-0.39, 0.29) is 0 Å². The minimum atomic E-state index is 0.442. The summed E-state index contributed by atoms with van der Waals surface area (Å²) < 4.78 is 7.50. The number of nitrogens with zero attached hydrogens (tertiary/aromatic N) is 4. The average molecular weight is 387 g/mol. The minimum Gasteiger partial charge on any atom is -0.487 e. The second kappa shape index (κ2) is 6.94. The van der Waals surface area contributed by atoms with Crippen molar-refractivity contribution in [2.75, 3.05) is 0 Å². The van der Waals surface area contributed by atoms with E-state index < -0.39 is 0 Å².